The molecule has 0 saturated carbocycles. The van der Waals surface area contributed by atoms with Gasteiger partial charge in [-0.2, -0.15) is 0 Å². The number of fused-ring (bicyclic) bond motifs is 1. The quantitative estimate of drug-likeness (QED) is 0.737. The van der Waals surface area contributed by atoms with Crippen molar-refractivity contribution in [2.75, 3.05) is 26.8 Å². The molecule has 2 aromatic rings. The van der Waals surface area contributed by atoms with Gasteiger partial charge in [0.15, 0.2) is 0 Å². The van der Waals surface area contributed by atoms with Crippen molar-refractivity contribution in [2.24, 2.45) is 0 Å². The molecule has 1 heterocycles. The first-order chi connectivity index (χ1) is 10.9. The topological polar surface area (TPSA) is 67.4 Å². The van der Waals surface area contributed by atoms with Gasteiger partial charge < -0.3 is 15.4 Å². The largest absolute Gasteiger partial charge is 0.383 e. The Kier molecular flexibility index (Phi) is 6.50. The molecule has 2 amide bonds. The molecule has 0 radical (unpaired) electrons. The van der Waals surface area contributed by atoms with E-state index in [9.17, 15) is 9.59 Å². The van der Waals surface area contributed by atoms with Gasteiger partial charge in [0.1, 0.15) is 4.88 Å². The number of ether oxygens (including phenoxy) is 1. The minimum atomic E-state index is -0.440. The summed E-state index contributed by atoms with van der Waals surface area (Å²) in [4.78, 5) is 24.0. The molecule has 0 spiro atoms. The molecule has 2 rings (SSSR count). The molecule has 5 nitrogen and oxygen atoms in total. The Morgan fingerprint density at radius 2 is 1.96 bits per heavy atom. The second kappa shape index (κ2) is 8.17. The van der Waals surface area contributed by atoms with E-state index in [1.165, 1.54) is 18.4 Å². The first-order valence-corrected chi connectivity index (χ1v) is 8.50. The molecular formula is C14H13Cl3N2O3S. The normalized spacial score (nSPS) is 10.8. The summed E-state index contributed by atoms with van der Waals surface area (Å²) in [6.45, 7) is 0.631. The van der Waals surface area contributed by atoms with Crippen molar-refractivity contribution in [3.8, 4) is 0 Å². The lowest BCUT2D eigenvalue weighted by molar-refractivity contribution is -0.120. The van der Waals surface area contributed by atoms with Gasteiger partial charge in [0.2, 0.25) is 5.91 Å². The van der Waals surface area contributed by atoms with E-state index in [-0.39, 0.29) is 22.4 Å². The van der Waals surface area contributed by atoms with Crippen LogP contribution in [0, 0.1) is 0 Å². The second-order valence-electron chi connectivity index (χ2n) is 4.53. The number of carbonyl (C=O) groups is 2. The number of rotatable bonds is 6. The van der Waals surface area contributed by atoms with Gasteiger partial charge in [0.25, 0.3) is 5.91 Å². The number of nitrogens with one attached hydrogen (secondary N) is 2. The summed E-state index contributed by atoms with van der Waals surface area (Å²) in [7, 11) is 1.54. The third-order valence-electron chi connectivity index (χ3n) is 2.89. The third kappa shape index (κ3) is 4.49. The number of thiophene rings is 1. The van der Waals surface area contributed by atoms with Crippen molar-refractivity contribution in [2.45, 2.75) is 0 Å². The highest BCUT2D eigenvalue weighted by atomic mass is 35.5. The SMILES string of the molecule is COCCNC(=O)CNC(=O)c1sc2cc(Cl)cc(Cl)c2c1Cl. The Balaban J connectivity index is 2.08. The second-order valence-corrected chi connectivity index (χ2v) is 6.81. The molecule has 0 bridgehead atoms. The van der Waals surface area contributed by atoms with E-state index in [2.05, 4.69) is 10.6 Å². The molecule has 0 aliphatic heterocycles. The summed E-state index contributed by atoms with van der Waals surface area (Å²) in [6, 6.07) is 3.25. The molecule has 1 aromatic carbocycles. The summed E-state index contributed by atoms with van der Waals surface area (Å²) < 4.78 is 5.53. The molecular weight excluding hydrogens is 383 g/mol. The number of halogens is 3. The summed E-state index contributed by atoms with van der Waals surface area (Å²) in [5.41, 5.74) is 0. The maximum absolute atomic E-state index is 12.2. The predicted molar refractivity (Wildman–Crippen MR) is 94.1 cm³/mol. The predicted octanol–water partition coefficient (Wildman–Crippen LogP) is 3.35. The van der Waals surface area contributed by atoms with Crippen LogP contribution in [0.15, 0.2) is 12.1 Å². The lowest BCUT2D eigenvalue weighted by atomic mass is 10.2. The van der Waals surface area contributed by atoms with Crippen LogP contribution >= 0.6 is 46.1 Å². The standard InChI is InChI=1S/C14H13Cl3N2O3S/c1-22-3-2-18-10(20)6-19-14(21)13-12(17)11-8(16)4-7(15)5-9(11)23-13/h4-5H,2-3,6H2,1H3,(H,18,20)(H,19,21). The van der Waals surface area contributed by atoms with Crippen LogP contribution in [0.3, 0.4) is 0 Å². The highest BCUT2D eigenvalue weighted by molar-refractivity contribution is 7.21. The molecule has 0 aliphatic rings. The fraction of sp³-hybridized carbons (Fsp3) is 0.286. The van der Waals surface area contributed by atoms with Crippen molar-refractivity contribution >= 4 is 68.0 Å². The molecule has 124 valence electrons. The van der Waals surface area contributed by atoms with E-state index < -0.39 is 5.91 Å². The van der Waals surface area contributed by atoms with Gasteiger partial charge in [-0.25, -0.2) is 0 Å². The maximum Gasteiger partial charge on any atom is 0.263 e. The van der Waals surface area contributed by atoms with Crippen LogP contribution in [0.1, 0.15) is 9.67 Å². The van der Waals surface area contributed by atoms with Gasteiger partial charge in [-0.3, -0.25) is 9.59 Å². The number of carbonyl (C=O) groups excluding carboxylic acids is 2. The van der Waals surface area contributed by atoms with E-state index in [4.69, 9.17) is 39.5 Å². The number of hydrogen-bond acceptors (Lipinski definition) is 4. The van der Waals surface area contributed by atoms with Gasteiger partial charge >= 0.3 is 0 Å². The van der Waals surface area contributed by atoms with Gasteiger partial charge in [-0.05, 0) is 12.1 Å². The molecule has 9 heteroatoms. The van der Waals surface area contributed by atoms with Gasteiger partial charge in [-0.15, -0.1) is 11.3 Å². The first-order valence-electron chi connectivity index (χ1n) is 6.55. The number of amides is 2. The molecule has 23 heavy (non-hydrogen) atoms. The van der Waals surface area contributed by atoms with Crippen LogP contribution in [0.5, 0.6) is 0 Å². The Morgan fingerprint density at radius 3 is 2.65 bits per heavy atom. The summed E-state index contributed by atoms with van der Waals surface area (Å²) >= 11 is 19.5. The van der Waals surface area contributed by atoms with E-state index >= 15 is 0 Å². The molecule has 0 atom stereocenters. The zero-order valence-corrected chi connectivity index (χ0v) is 15.1. The number of benzene rings is 1. The molecule has 1 aromatic heterocycles. The third-order valence-corrected chi connectivity index (χ3v) is 5.04. The van der Waals surface area contributed by atoms with E-state index in [1.807, 2.05) is 0 Å². The summed E-state index contributed by atoms with van der Waals surface area (Å²) in [6.07, 6.45) is 0. The monoisotopic (exact) mass is 394 g/mol. The van der Waals surface area contributed by atoms with Crippen LogP contribution in [0.4, 0.5) is 0 Å². The Bertz CT molecular complexity index is 748. The van der Waals surface area contributed by atoms with Gasteiger partial charge in [0, 0.05) is 28.8 Å². The Hall–Kier alpha value is -1.05. The average Bonchev–Trinajstić information content (AvgIpc) is 2.82. The lowest BCUT2D eigenvalue weighted by Crippen LogP contribution is -2.38. The van der Waals surface area contributed by atoms with E-state index in [1.54, 1.807) is 12.1 Å². The summed E-state index contributed by atoms with van der Waals surface area (Å²) in [5, 5.41) is 6.80. The van der Waals surface area contributed by atoms with Crippen molar-refractivity contribution in [1.82, 2.24) is 10.6 Å². The van der Waals surface area contributed by atoms with Crippen LogP contribution in [0.25, 0.3) is 10.1 Å². The van der Waals surface area contributed by atoms with Crippen LogP contribution in [0.2, 0.25) is 15.1 Å². The minimum absolute atomic E-state index is 0.151. The first kappa shape index (κ1) is 18.3. The minimum Gasteiger partial charge on any atom is -0.383 e. The smallest absolute Gasteiger partial charge is 0.263 e. The highest BCUT2D eigenvalue weighted by Crippen LogP contribution is 2.41. The van der Waals surface area contributed by atoms with Crippen LogP contribution < -0.4 is 10.6 Å². The fourth-order valence-corrected chi connectivity index (χ4v) is 4.15. The van der Waals surface area contributed by atoms with Crippen molar-refractivity contribution < 1.29 is 14.3 Å². The lowest BCUT2D eigenvalue weighted by Gasteiger charge is -2.05. The molecule has 0 aliphatic carbocycles. The summed E-state index contributed by atoms with van der Waals surface area (Å²) in [5.74, 6) is -0.751. The zero-order valence-electron chi connectivity index (χ0n) is 12.0. The van der Waals surface area contributed by atoms with E-state index in [0.29, 0.717) is 33.3 Å². The maximum atomic E-state index is 12.2. The zero-order chi connectivity index (χ0) is 17.0. The molecule has 0 saturated heterocycles. The van der Waals surface area contributed by atoms with Crippen LogP contribution in [-0.2, 0) is 9.53 Å². The average molecular weight is 396 g/mol. The van der Waals surface area contributed by atoms with E-state index in [0.717, 1.165) is 0 Å². The number of methoxy groups -OCH3 is 1. The fourth-order valence-electron chi connectivity index (χ4n) is 1.85. The van der Waals surface area contributed by atoms with Crippen LogP contribution in [-0.4, -0.2) is 38.6 Å². The number of hydrogen-bond donors (Lipinski definition) is 2. The van der Waals surface area contributed by atoms with Gasteiger partial charge in [0.05, 0.1) is 23.2 Å². The van der Waals surface area contributed by atoms with Crippen molar-refractivity contribution in [3.63, 3.8) is 0 Å². The molecule has 2 N–H and O–H groups in total. The Labute approximate surface area is 151 Å². The van der Waals surface area contributed by atoms with Crippen molar-refractivity contribution in [3.05, 3.63) is 32.1 Å². The van der Waals surface area contributed by atoms with Crippen molar-refractivity contribution in [1.29, 1.82) is 0 Å². The Morgan fingerprint density at radius 1 is 1.22 bits per heavy atom. The molecule has 0 unspecified atom stereocenters. The highest BCUT2D eigenvalue weighted by Gasteiger charge is 2.20. The molecule has 0 fully saturated rings. The van der Waals surface area contributed by atoms with Gasteiger partial charge in [-0.1, -0.05) is 34.8 Å².